The van der Waals surface area contributed by atoms with Gasteiger partial charge < -0.3 is 10.2 Å². The molecule has 43 heavy (non-hydrogen) atoms. The van der Waals surface area contributed by atoms with Crippen LogP contribution in [0.3, 0.4) is 0 Å². The predicted octanol–water partition coefficient (Wildman–Crippen LogP) is 6.54. The Labute approximate surface area is 267 Å². The summed E-state index contributed by atoms with van der Waals surface area (Å²) >= 11 is 18.8. The van der Waals surface area contributed by atoms with Gasteiger partial charge in [0.25, 0.3) is 10.0 Å². The van der Waals surface area contributed by atoms with Gasteiger partial charge in [-0.2, -0.15) is 0 Å². The number of carbonyl (C=O) groups is 2. The molecule has 4 rings (SSSR count). The van der Waals surface area contributed by atoms with Gasteiger partial charge in [0, 0.05) is 30.1 Å². The molecule has 4 aromatic rings. The van der Waals surface area contributed by atoms with E-state index in [4.69, 9.17) is 34.8 Å². The average molecular weight is 659 g/mol. The lowest BCUT2D eigenvalue weighted by atomic mass is 10.0. The molecule has 0 unspecified atom stereocenters. The first-order valence-electron chi connectivity index (χ1n) is 13.3. The molecule has 0 aliphatic heterocycles. The Bertz CT molecular complexity index is 1680. The van der Waals surface area contributed by atoms with Gasteiger partial charge >= 0.3 is 0 Å². The number of nitrogens with one attached hydrogen (secondary N) is 1. The topological polar surface area (TPSA) is 86.8 Å². The van der Waals surface area contributed by atoms with Crippen LogP contribution in [0.4, 0.5) is 5.69 Å². The minimum Gasteiger partial charge on any atom is -0.357 e. The van der Waals surface area contributed by atoms with Crippen LogP contribution in [-0.4, -0.2) is 44.8 Å². The van der Waals surface area contributed by atoms with Crippen molar-refractivity contribution in [1.29, 1.82) is 0 Å². The van der Waals surface area contributed by atoms with Crippen molar-refractivity contribution in [2.24, 2.45) is 0 Å². The third-order valence-corrected chi connectivity index (χ3v) is 9.43. The molecule has 0 radical (unpaired) electrons. The average Bonchev–Trinajstić information content (AvgIpc) is 3.00. The van der Waals surface area contributed by atoms with Gasteiger partial charge in [-0.1, -0.05) is 95.0 Å². The predicted molar refractivity (Wildman–Crippen MR) is 172 cm³/mol. The molecule has 0 fully saturated rings. The Morgan fingerprint density at radius 1 is 0.814 bits per heavy atom. The summed E-state index contributed by atoms with van der Waals surface area (Å²) in [5, 5.41) is 3.49. The molecule has 0 aromatic heterocycles. The van der Waals surface area contributed by atoms with Crippen molar-refractivity contribution in [3.05, 3.63) is 129 Å². The summed E-state index contributed by atoms with van der Waals surface area (Å²) in [7, 11) is -2.81. The molecule has 0 aliphatic rings. The van der Waals surface area contributed by atoms with Crippen molar-refractivity contribution in [3.63, 3.8) is 0 Å². The summed E-state index contributed by atoms with van der Waals surface area (Å²) in [5.74, 6) is -1.02. The first kappa shape index (κ1) is 32.4. The Morgan fingerprint density at radius 2 is 1.44 bits per heavy atom. The molecule has 7 nitrogen and oxygen atoms in total. The first-order chi connectivity index (χ1) is 20.5. The second-order valence-electron chi connectivity index (χ2n) is 9.89. The molecule has 4 aromatic carbocycles. The molecule has 11 heteroatoms. The number of benzene rings is 4. The van der Waals surface area contributed by atoms with E-state index in [0.717, 1.165) is 15.4 Å². The van der Waals surface area contributed by atoms with E-state index >= 15 is 0 Å². The molecule has 0 bridgehead atoms. The standard InChI is InChI=1S/C32H30Cl3N3O4S/c1-22-8-15-27(16-9-22)43(41,42)38(29-19-26(34)14-17-28(29)35)21-31(39)37(20-24-10-12-25(33)13-11-24)30(32(40)36-2)18-23-6-4-3-5-7-23/h3-17,19,30H,18,20-21H2,1-2H3,(H,36,40)/t30-/m1/s1. The lowest BCUT2D eigenvalue weighted by Gasteiger charge is -2.33. The second-order valence-corrected chi connectivity index (χ2v) is 13.0. The molecule has 0 spiro atoms. The van der Waals surface area contributed by atoms with Crippen LogP contribution >= 0.6 is 34.8 Å². The number of rotatable bonds is 11. The van der Waals surface area contributed by atoms with Crippen LogP contribution in [0.2, 0.25) is 15.1 Å². The van der Waals surface area contributed by atoms with Crippen LogP contribution in [0, 0.1) is 6.92 Å². The Kier molecular flexibility index (Phi) is 10.7. The molecule has 0 heterocycles. The number of amides is 2. The number of halogens is 3. The summed E-state index contributed by atoms with van der Waals surface area (Å²) in [6, 6.07) is 25.8. The number of carbonyl (C=O) groups excluding carboxylic acids is 2. The van der Waals surface area contributed by atoms with Gasteiger partial charge in [-0.25, -0.2) is 8.42 Å². The van der Waals surface area contributed by atoms with Crippen molar-refractivity contribution < 1.29 is 18.0 Å². The molecule has 1 atom stereocenters. The van der Waals surface area contributed by atoms with E-state index in [1.807, 2.05) is 37.3 Å². The zero-order valence-electron chi connectivity index (χ0n) is 23.5. The van der Waals surface area contributed by atoms with Gasteiger partial charge in [-0.3, -0.25) is 13.9 Å². The van der Waals surface area contributed by atoms with E-state index in [2.05, 4.69) is 5.32 Å². The van der Waals surface area contributed by atoms with Crippen molar-refractivity contribution in [1.82, 2.24) is 10.2 Å². The second kappa shape index (κ2) is 14.3. The first-order valence-corrected chi connectivity index (χ1v) is 15.9. The van der Waals surface area contributed by atoms with Gasteiger partial charge in [0.1, 0.15) is 12.6 Å². The monoisotopic (exact) mass is 657 g/mol. The summed E-state index contributed by atoms with van der Waals surface area (Å²) in [4.78, 5) is 29.0. The Hall–Kier alpha value is -3.56. The fourth-order valence-corrected chi connectivity index (χ4v) is 6.52. The largest absolute Gasteiger partial charge is 0.357 e. The third-order valence-electron chi connectivity index (χ3n) is 6.85. The van der Waals surface area contributed by atoms with Crippen molar-refractivity contribution >= 4 is 62.3 Å². The summed E-state index contributed by atoms with van der Waals surface area (Å²) < 4.78 is 29.1. The number of nitrogens with zero attached hydrogens (tertiary/aromatic N) is 2. The lowest BCUT2D eigenvalue weighted by Crippen LogP contribution is -2.53. The Morgan fingerprint density at radius 3 is 2.07 bits per heavy atom. The summed E-state index contributed by atoms with van der Waals surface area (Å²) in [5.41, 5.74) is 2.43. The smallest absolute Gasteiger partial charge is 0.264 e. The van der Waals surface area contributed by atoms with Crippen molar-refractivity contribution in [2.75, 3.05) is 17.9 Å². The SMILES string of the molecule is CNC(=O)[C@@H](Cc1ccccc1)N(Cc1ccc(Cl)cc1)C(=O)CN(c1cc(Cl)ccc1Cl)S(=O)(=O)c1ccc(C)cc1. The minimum atomic E-state index is -4.30. The highest BCUT2D eigenvalue weighted by atomic mass is 35.5. The number of sulfonamides is 1. The van der Waals surface area contributed by atoms with Gasteiger partial charge in [0.15, 0.2) is 0 Å². The van der Waals surface area contributed by atoms with E-state index in [0.29, 0.717) is 10.6 Å². The highest BCUT2D eigenvalue weighted by Crippen LogP contribution is 2.33. The zero-order chi connectivity index (χ0) is 31.1. The Balaban J connectivity index is 1.81. The van der Waals surface area contributed by atoms with E-state index in [1.54, 1.807) is 36.4 Å². The maximum Gasteiger partial charge on any atom is 0.264 e. The quantitative estimate of drug-likeness (QED) is 0.198. The molecule has 0 saturated carbocycles. The van der Waals surface area contributed by atoms with Gasteiger partial charge in [-0.15, -0.1) is 0 Å². The lowest BCUT2D eigenvalue weighted by molar-refractivity contribution is -0.139. The molecule has 2 amide bonds. The van der Waals surface area contributed by atoms with Crippen molar-refractivity contribution in [3.8, 4) is 0 Å². The number of hydrogen-bond donors (Lipinski definition) is 1. The van der Waals surface area contributed by atoms with E-state index in [-0.39, 0.29) is 33.6 Å². The number of aryl methyl sites for hydroxylation is 1. The maximum absolute atomic E-state index is 14.3. The van der Waals surface area contributed by atoms with Crippen LogP contribution in [0.5, 0.6) is 0 Å². The van der Waals surface area contributed by atoms with E-state index in [1.165, 1.54) is 42.3 Å². The number of anilines is 1. The van der Waals surface area contributed by atoms with Crippen LogP contribution < -0.4 is 9.62 Å². The van der Waals surface area contributed by atoms with Gasteiger partial charge in [0.05, 0.1) is 15.6 Å². The van der Waals surface area contributed by atoms with Crippen LogP contribution in [0.25, 0.3) is 0 Å². The van der Waals surface area contributed by atoms with E-state index < -0.39 is 34.4 Å². The molecule has 1 N–H and O–H groups in total. The number of hydrogen-bond acceptors (Lipinski definition) is 4. The molecule has 224 valence electrons. The molecular weight excluding hydrogens is 629 g/mol. The van der Waals surface area contributed by atoms with Crippen LogP contribution in [0.1, 0.15) is 16.7 Å². The van der Waals surface area contributed by atoms with Crippen molar-refractivity contribution in [2.45, 2.75) is 30.8 Å². The fourth-order valence-electron chi connectivity index (χ4n) is 4.53. The fraction of sp³-hybridized carbons (Fsp3) is 0.188. The normalized spacial score (nSPS) is 11.9. The molecule has 0 saturated heterocycles. The third kappa shape index (κ3) is 8.09. The highest BCUT2D eigenvalue weighted by Gasteiger charge is 2.35. The molecule has 0 aliphatic carbocycles. The van der Waals surface area contributed by atoms with Crippen LogP contribution in [-0.2, 0) is 32.6 Å². The van der Waals surface area contributed by atoms with Gasteiger partial charge in [0.2, 0.25) is 11.8 Å². The highest BCUT2D eigenvalue weighted by molar-refractivity contribution is 7.92. The van der Waals surface area contributed by atoms with Gasteiger partial charge in [-0.05, 0) is 60.5 Å². The maximum atomic E-state index is 14.3. The van der Waals surface area contributed by atoms with Crippen LogP contribution in [0.15, 0.2) is 102 Å². The summed E-state index contributed by atoms with van der Waals surface area (Å²) in [6.45, 7) is 1.21. The molecular formula is C32H30Cl3N3O4S. The number of likely N-dealkylation sites (N-methyl/N-ethyl adjacent to an activating group) is 1. The minimum absolute atomic E-state index is 0.0165. The summed E-state index contributed by atoms with van der Waals surface area (Å²) in [6.07, 6.45) is 0.197. The zero-order valence-corrected chi connectivity index (χ0v) is 26.6. The van der Waals surface area contributed by atoms with E-state index in [9.17, 15) is 18.0 Å².